The summed E-state index contributed by atoms with van der Waals surface area (Å²) < 4.78 is 0. The fraction of sp³-hybridized carbons (Fsp3) is 0.250. The van der Waals surface area contributed by atoms with Gasteiger partial charge in [-0.1, -0.05) is 12.1 Å². The summed E-state index contributed by atoms with van der Waals surface area (Å²) in [4.78, 5) is 0. The van der Waals surface area contributed by atoms with Crippen LogP contribution in [0, 0.1) is 0 Å². The molecule has 1 rings (SSSR count). The Kier molecular flexibility index (Phi) is 2.29. The SMILES string of the molecule is Nc1ccc(CC[O])cc1. The van der Waals surface area contributed by atoms with Crippen LogP contribution in [0.15, 0.2) is 24.3 Å². The molecule has 0 unspecified atom stereocenters. The molecule has 0 bridgehead atoms. The standard InChI is InChI=1S/C8H10NO/c9-8-3-1-7(2-4-8)5-6-10/h1-4H,5-6,9H2. The van der Waals surface area contributed by atoms with Gasteiger partial charge in [0, 0.05) is 5.69 Å². The summed E-state index contributed by atoms with van der Waals surface area (Å²) in [5, 5.41) is 10.2. The maximum atomic E-state index is 10.2. The average molecular weight is 136 g/mol. The van der Waals surface area contributed by atoms with Crippen molar-refractivity contribution in [1.29, 1.82) is 0 Å². The third-order valence-corrected chi connectivity index (χ3v) is 1.37. The van der Waals surface area contributed by atoms with Gasteiger partial charge in [0.1, 0.15) is 0 Å². The van der Waals surface area contributed by atoms with Crippen LogP contribution >= 0.6 is 0 Å². The average Bonchev–Trinajstić information content (AvgIpc) is 1.95. The van der Waals surface area contributed by atoms with Crippen LogP contribution < -0.4 is 5.73 Å². The lowest BCUT2D eigenvalue weighted by molar-refractivity contribution is 0.197. The molecule has 53 valence electrons. The minimum Gasteiger partial charge on any atom is -0.399 e. The summed E-state index contributed by atoms with van der Waals surface area (Å²) in [6.07, 6.45) is 0.597. The van der Waals surface area contributed by atoms with Crippen LogP contribution in [-0.4, -0.2) is 6.61 Å². The van der Waals surface area contributed by atoms with Crippen LogP contribution in [0.25, 0.3) is 0 Å². The van der Waals surface area contributed by atoms with Crippen LogP contribution in [0.5, 0.6) is 0 Å². The fourth-order valence-electron chi connectivity index (χ4n) is 0.802. The minimum atomic E-state index is -0.0517. The van der Waals surface area contributed by atoms with Crippen molar-refractivity contribution < 1.29 is 5.11 Å². The normalized spacial score (nSPS) is 9.70. The van der Waals surface area contributed by atoms with Gasteiger partial charge in [0.2, 0.25) is 0 Å². The number of rotatable bonds is 2. The van der Waals surface area contributed by atoms with E-state index in [-0.39, 0.29) is 6.61 Å². The van der Waals surface area contributed by atoms with Gasteiger partial charge in [0.05, 0.1) is 6.61 Å². The van der Waals surface area contributed by atoms with E-state index in [2.05, 4.69) is 0 Å². The van der Waals surface area contributed by atoms with E-state index in [0.29, 0.717) is 6.42 Å². The highest BCUT2D eigenvalue weighted by molar-refractivity contribution is 5.39. The van der Waals surface area contributed by atoms with Gasteiger partial charge in [-0.05, 0) is 24.1 Å². The Morgan fingerprint density at radius 3 is 2.30 bits per heavy atom. The Balaban J connectivity index is 2.69. The highest BCUT2D eigenvalue weighted by Gasteiger charge is 1.89. The maximum Gasteiger partial charge on any atom is 0.0862 e. The monoisotopic (exact) mass is 136 g/mol. The van der Waals surface area contributed by atoms with E-state index in [4.69, 9.17) is 5.73 Å². The first kappa shape index (κ1) is 7.09. The molecule has 0 aliphatic rings. The summed E-state index contributed by atoms with van der Waals surface area (Å²) in [6, 6.07) is 7.39. The van der Waals surface area contributed by atoms with E-state index in [1.807, 2.05) is 24.3 Å². The molecule has 1 aromatic carbocycles. The van der Waals surface area contributed by atoms with Crippen LogP contribution in [0.2, 0.25) is 0 Å². The van der Waals surface area contributed by atoms with Crippen LogP contribution in [0.1, 0.15) is 5.56 Å². The van der Waals surface area contributed by atoms with Crippen molar-refractivity contribution in [3.63, 3.8) is 0 Å². The zero-order valence-electron chi connectivity index (χ0n) is 5.71. The van der Waals surface area contributed by atoms with Gasteiger partial charge in [-0.15, -0.1) is 0 Å². The smallest absolute Gasteiger partial charge is 0.0862 e. The zero-order valence-corrected chi connectivity index (χ0v) is 5.71. The van der Waals surface area contributed by atoms with E-state index in [1.165, 1.54) is 0 Å². The Morgan fingerprint density at radius 1 is 1.20 bits per heavy atom. The molecule has 10 heavy (non-hydrogen) atoms. The van der Waals surface area contributed by atoms with E-state index < -0.39 is 0 Å². The summed E-state index contributed by atoms with van der Waals surface area (Å²) in [6.45, 7) is -0.0517. The molecule has 1 aromatic rings. The topological polar surface area (TPSA) is 45.9 Å². The van der Waals surface area contributed by atoms with Gasteiger partial charge < -0.3 is 5.73 Å². The summed E-state index contributed by atoms with van der Waals surface area (Å²) in [7, 11) is 0. The van der Waals surface area contributed by atoms with Gasteiger partial charge in [-0.25, -0.2) is 5.11 Å². The zero-order chi connectivity index (χ0) is 7.40. The fourth-order valence-corrected chi connectivity index (χ4v) is 0.802. The van der Waals surface area contributed by atoms with Crippen LogP contribution in [-0.2, 0) is 11.5 Å². The molecule has 2 N–H and O–H groups in total. The molecule has 0 spiro atoms. The predicted molar refractivity (Wildman–Crippen MR) is 40.1 cm³/mol. The van der Waals surface area contributed by atoms with E-state index in [9.17, 15) is 5.11 Å². The molecule has 0 saturated heterocycles. The number of nitrogen functional groups attached to an aromatic ring is 1. The number of hydrogen-bond donors (Lipinski definition) is 1. The van der Waals surface area contributed by atoms with E-state index >= 15 is 0 Å². The lowest BCUT2D eigenvalue weighted by Gasteiger charge is -1.96. The summed E-state index contributed by atoms with van der Waals surface area (Å²) >= 11 is 0. The Bertz CT molecular complexity index is 193. The molecular weight excluding hydrogens is 126 g/mol. The highest BCUT2D eigenvalue weighted by Crippen LogP contribution is 2.05. The summed E-state index contributed by atoms with van der Waals surface area (Å²) in [5.41, 5.74) is 7.25. The van der Waals surface area contributed by atoms with Crippen LogP contribution in [0.3, 0.4) is 0 Å². The first-order chi connectivity index (χ1) is 4.83. The lowest BCUT2D eigenvalue weighted by atomic mass is 10.1. The second kappa shape index (κ2) is 3.22. The second-order valence-electron chi connectivity index (χ2n) is 2.20. The highest BCUT2D eigenvalue weighted by atomic mass is 16.2. The Hall–Kier alpha value is -1.02. The number of anilines is 1. The third-order valence-electron chi connectivity index (χ3n) is 1.37. The van der Waals surface area contributed by atoms with Gasteiger partial charge in [-0.3, -0.25) is 0 Å². The maximum absolute atomic E-state index is 10.2. The molecule has 0 amide bonds. The molecule has 2 heteroatoms. The molecule has 2 nitrogen and oxygen atoms in total. The van der Waals surface area contributed by atoms with Crippen LogP contribution in [0.4, 0.5) is 5.69 Å². The third kappa shape index (κ3) is 1.74. The molecule has 0 saturated carbocycles. The van der Waals surface area contributed by atoms with Crippen molar-refractivity contribution in [2.45, 2.75) is 6.42 Å². The van der Waals surface area contributed by atoms with Crippen molar-refractivity contribution in [3.8, 4) is 0 Å². The van der Waals surface area contributed by atoms with Gasteiger partial charge in [0.25, 0.3) is 0 Å². The van der Waals surface area contributed by atoms with Crippen molar-refractivity contribution >= 4 is 5.69 Å². The molecule has 0 heterocycles. The van der Waals surface area contributed by atoms with Crippen molar-refractivity contribution in [1.82, 2.24) is 0 Å². The van der Waals surface area contributed by atoms with Crippen molar-refractivity contribution in [2.24, 2.45) is 0 Å². The molecule has 0 atom stereocenters. The van der Waals surface area contributed by atoms with Gasteiger partial charge in [0.15, 0.2) is 0 Å². The quantitative estimate of drug-likeness (QED) is 0.611. The Morgan fingerprint density at radius 2 is 1.80 bits per heavy atom. The molecule has 0 aliphatic heterocycles. The minimum absolute atomic E-state index is 0.0517. The molecule has 0 fully saturated rings. The predicted octanol–water partition coefficient (Wildman–Crippen LogP) is 1.24. The van der Waals surface area contributed by atoms with Gasteiger partial charge in [-0.2, -0.15) is 0 Å². The molecular formula is C8H10NO. The number of hydrogen-bond acceptors (Lipinski definition) is 1. The first-order valence-corrected chi connectivity index (χ1v) is 3.25. The van der Waals surface area contributed by atoms with E-state index in [0.717, 1.165) is 11.3 Å². The number of nitrogens with two attached hydrogens (primary N) is 1. The second-order valence-corrected chi connectivity index (χ2v) is 2.20. The van der Waals surface area contributed by atoms with Crippen molar-refractivity contribution in [3.05, 3.63) is 29.8 Å². The van der Waals surface area contributed by atoms with Gasteiger partial charge >= 0.3 is 0 Å². The molecule has 1 radical (unpaired) electrons. The largest absolute Gasteiger partial charge is 0.399 e. The lowest BCUT2D eigenvalue weighted by Crippen LogP contribution is -1.89. The molecule has 0 aromatic heterocycles. The number of benzene rings is 1. The van der Waals surface area contributed by atoms with E-state index in [1.54, 1.807) is 0 Å². The van der Waals surface area contributed by atoms with Crippen molar-refractivity contribution in [2.75, 3.05) is 12.3 Å². The molecule has 0 aliphatic carbocycles. The summed E-state index contributed by atoms with van der Waals surface area (Å²) in [5.74, 6) is 0. The first-order valence-electron chi connectivity index (χ1n) is 3.25. The Labute approximate surface area is 60.3 Å².